The number of hydrogen-bond donors (Lipinski definition) is 1. The molecule has 1 saturated heterocycles. The van der Waals surface area contributed by atoms with Crippen LogP contribution in [0.2, 0.25) is 0 Å². The van der Waals surface area contributed by atoms with Gasteiger partial charge in [0.1, 0.15) is 0 Å². The van der Waals surface area contributed by atoms with Crippen molar-refractivity contribution in [3.8, 4) is 5.88 Å². The van der Waals surface area contributed by atoms with Crippen LogP contribution in [-0.4, -0.2) is 30.1 Å². The van der Waals surface area contributed by atoms with E-state index in [4.69, 9.17) is 4.74 Å². The SMILES string of the molecule is CCOc1nccc(C(NC)C2CCSC2)c1F. The number of nitrogens with one attached hydrogen (secondary N) is 1. The standard InChI is InChI=1S/C13H19FN2OS/c1-3-17-13-11(14)10(4-6-16-13)12(15-2)9-5-7-18-8-9/h4,6,9,12,15H,3,5,7-8H2,1-2H3. The highest BCUT2D eigenvalue weighted by atomic mass is 32.2. The quantitative estimate of drug-likeness (QED) is 0.892. The summed E-state index contributed by atoms with van der Waals surface area (Å²) in [6.07, 6.45) is 2.75. The van der Waals surface area contributed by atoms with Crippen LogP contribution >= 0.6 is 11.8 Å². The van der Waals surface area contributed by atoms with E-state index in [1.807, 2.05) is 25.7 Å². The van der Waals surface area contributed by atoms with Crippen LogP contribution < -0.4 is 10.1 Å². The zero-order valence-electron chi connectivity index (χ0n) is 10.8. The Morgan fingerprint density at radius 3 is 3.11 bits per heavy atom. The number of aromatic nitrogens is 1. The maximum Gasteiger partial charge on any atom is 0.250 e. The summed E-state index contributed by atoms with van der Waals surface area (Å²) < 4.78 is 19.5. The third-order valence-electron chi connectivity index (χ3n) is 3.25. The third kappa shape index (κ3) is 2.78. The highest BCUT2D eigenvalue weighted by Crippen LogP contribution is 2.36. The van der Waals surface area contributed by atoms with Crippen LogP contribution in [0.25, 0.3) is 0 Å². The average molecular weight is 270 g/mol. The molecule has 1 N–H and O–H groups in total. The Balaban J connectivity index is 2.26. The van der Waals surface area contributed by atoms with Gasteiger partial charge in [-0.25, -0.2) is 9.37 Å². The summed E-state index contributed by atoms with van der Waals surface area (Å²) in [5.41, 5.74) is 0.670. The van der Waals surface area contributed by atoms with Gasteiger partial charge in [0.05, 0.1) is 6.61 Å². The van der Waals surface area contributed by atoms with Crippen molar-refractivity contribution in [3.63, 3.8) is 0 Å². The number of nitrogens with zero attached hydrogens (tertiary/aromatic N) is 1. The van der Waals surface area contributed by atoms with Crippen molar-refractivity contribution < 1.29 is 9.13 Å². The molecule has 1 aliphatic rings. The Bertz CT molecular complexity index is 397. The monoisotopic (exact) mass is 270 g/mol. The minimum atomic E-state index is -0.324. The van der Waals surface area contributed by atoms with Gasteiger partial charge in [0, 0.05) is 17.8 Å². The van der Waals surface area contributed by atoms with Gasteiger partial charge < -0.3 is 10.1 Å². The molecule has 1 aromatic rings. The van der Waals surface area contributed by atoms with Gasteiger partial charge in [0.25, 0.3) is 5.88 Å². The summed E-state index contributed by atoms with van der Waals surface area (Å²) >= 11 is 1.93. The van der Waals surface area contributed by atoms with Crippen LogP contribution in [0, 0.1) is 11.7 Å². The second kappa shape index (κ2) is 6.38. The van der Waals surface area contributed by atoms with Crippen LogP contribution in [0.3, 0.4) is 0 Å². The second-order valence-corrected chi connectivity index (χ2v) is 5.49. The molecule has 2 unspecified atom stereocenters. The van der Waals surface area contributed by atoms with Crippen LogP contribution in [0.5, 0.6) is 5.88 Å². The maximum absolute atomic E-state index is 14.3. The molecule has 1 aromatic heterocycles. The molecule has 100 valence electrons. The zero-order chi connectivity index (χ0) is 13.0. The topological polar surface area (TPSA) is 34.1 Å². The first-order valence-corrected chi connectivity index (χ1v) is 7.45. The van der Waals surface area contributed by atoms with E-state index >= 15 is 0 Å². The van der Waals surface area contributed by atoms with E-state index in [-0.39, 0.29) is 17.7 Å². The lowest BCUT2D eigenvalue weighted by molar-refractivity contribution is 0.301. The number of halogens is 1. The lowest BCUT2D eigenvalue weighted by atomic mass is 9.93. The molecule has 0 aliphatic carbocycles. The summed E-state index contributed by atoms with van der Waals surface area (Å²) in [6.45, 7) is 2.26. The molecule has 2 heterocycles. The highest BCUT2D eigenvalue weighted by Gasteiger charge is 2.28. The van der Waals surface area contributed by atoms with E-state index in [1.54, 1.807) is 12.3 Å². The van der Waals surface area contributed by atoms with Crippen molar-refractivity contribution in [3.05, 3.63) is 23.6 Å². The first-order valence-electron chi connectivity index (χ1n) is 6.30. The minimum absolute atomic E-state index is 0.0437. The van der Waals surface area contributed by atoms with E-state index < -0.39 is 0 Å². The summed E-state index contributed by atoms with van der Waals surface area (Å²) in [6, 6.07) is 1.80. The van der Waals surface area contributed by atoms with Crippen LogP contribution in [0.4, 0.5) is 4.39 Å². The van der Waals surface area contributed by atoms with Crippen molar-refractivity contribution >= 4 is 11.8 Å². The lowest BCUT2D eigenvalue weighted by Crippen LogP contribution is -2.26. The van der Waals surface area contributed by atoms with Crippen molar-refractivity contribution in [2.75, 3.05) is 25.2 Å². The number of hydrogen-bond acceptors (Lipinski definition) is 4. The Morgan fingerprint density at radius 1 is 1.67 bits per heavy atom. The van der Waals surface area contributed by atoms with E-state index in [0.717, 1.165) is 17.9 Å². The number of rotatable bonds is 5. The smallest absolute Gasteiger partial charge is 0.250 e. The van der Waals surface area contributed by atoms with E-state index in [1.165, 1.54) is 0 Å². The molecule has 0 aromatic carbocycles. The highest BCUT2D eigenvalue weighted by molar-refractivity contribution is 7.99. The molecule has 2 atom stereocenters. The van der Waals surface area contributed by atoms with Crippen molar-refractivity contribution in [2.45, 2.75) is 19.4 Å². The molecular weight excluding hydrogens is 251 g/mol. The molecule has 1 aliphatic heterocycles. The molecule has 0 saturated carbocycles. The fourth-order valence-electron chi connectivity index (χ4n) is 2.38. The Labute approximate surface area is 112 Å². The predicted molar refractivity (Wildman–Crippen MR) is 72.6 cm³/mol. The van der Waals surface area contributed by atoms with Gasteiger partial charge >= 0.3 is 0 Å². The molecule has 3 nitrogen and oxygen atoms in total. The minimum Gasteiger partial charge on any atom is -0.476 e. The van der Waals surface area contributed by atoms with Gasteiger partial charge in [-0.05, 0) is 43.9 Å². The Hall–Kier alpha value is -0.810. The molecule has 0 spiro atoms. The molecule has 0 radical (unpaired) electrons. The molecule has 1 fully saturated rings. The fraction of sp³-hybridized carbons (Fsp3) is 0.615. The Kier molecular flexibility index (Phi) is 4.83. The predicted octanol–water partition coefficient (Wildman–Crippen LogP) is 2.63. The van der Waals surface area contributed by atoms with Crippen LogP contribution in [0.1, 0.15) is 24.9 Å². The van der Waals surface area contributed by atoms with Crippen LogP contribution in [0.15, 0.2) is 12.3 Å². The van der Waals surface area contributed by atoms with Gasteiger partial charge in [-0.15, -0.1) is 0 Å². The zero-order valence-corrected chi connectivity index (χ0v) is 11.6. The maximum atomic E-state index is 14.3. The van der Waals surface area contributed by atoms with Gasteiger partial charge in [0.2, 0.25) is 0 Å². The first kappa shape index (κ1) is 13.6. The van der Waals surface area contributed by atoms with Crippen molar-refractivity contribution in [1.82, 2.24) is 10.3 Å². The molecule has 18 heavy (non-hydrogen) atoms. The third-order valence-corrected chi connectivity index (χ3v) is 4.44. The molecule has 5 heteroatoms. The van der Waals surface area contributed by atoms with E-state index in [9.17, 15) is 4.39 Å². The number of thioether (sulfide) groups is 1. The first-order chi connectivity index (χ1) is 8.77. The van der Waals surface area contributed by atoms with E-state index in [0.29, 0.717) is 18.1 Å². The van der Waals surface area contributed by atoms with Gasteiger partial charge in [-0.3, -0.25) is 0 Å². The normalized spacial score (nSPS) is 20.9. The number of ether oxygens (including phenoxy) is 1. The molecule has 2 rings (SSSR count). The summed E-state index contributed by atoms with van der Waals surface area (Å²) in [5.74, 6) is 2.51. The Morgan fingerprint density at radius 2 is 2.50 bits per heavy atom. The largest absolute Gasteiger partial charge is 0.476 e. The molecule has 0 amide bonds. The van der Waals surface area contributed by atoms with Gasteiger partial charge in [0.15, 0.2) is 5.82 Å². The lowest BCUT2D eigenvalue weighted by Gasteiger charge is -2.23. The molecule has 0 bridgehead atoms. The van der Waals surface area contributed by atoms with E-state index in [2.05, 4.69) is 10.3 Å². The van der Waals surface area contributed by atoms with Gasteiger partial charge in [-0.2, -0.15) is 11.8 Å². The van der Waals surface area contributed by atoms with Crippen molar-refractivity contribution in [2.24, 2.45) is 5.92 Å². The van der Waals surface area contributed by atoms with Gasteiger partial charge in [-0.1, -0.05) is 0 Å². The number of pyridine rings is 1. The molecular formula is C13H19FN2OS. The second-order valence-electron chi connectivity index (χ2n) is 4.34. The van der Waals surface area contributed by atoms with Crippen LogP contribution in [-0.2, 0) is 0 Å². The summed E-state index contributed by atoms with van der Waals surface area (Å²) in [5, 5.41) is 3.23. The summed E-state index contributed by atoms with van der Waals surface area (Å²) in [7, 11) is 1.88. The average Bonchev–Trinajstić information content (AvgIpc) is 2.89. The fourth-order valence-corrected chi connectivity index (χ4v) is 3.67. The van der Waals surface area contributed by atoms with Crippen molar-refractivity contribution in [1.29, 1.82) is 0 Å². The summed E-state index contributed by atoms with van der Waals surface area (Å²) in [4.78, 5) is 3.94.